The van der Waals surface area contributed by atoms with E-state index in [1.54, 1.807) is 23.9 Å². The first-order valence-electron chi connectivity index (χ1n) is 9.40. The standard InChI is InChI=1S/C19H24F2N4O2S/c1-28-19-24-23-16(25(19)13-7-2-3-8-13)11-6-12-22-17(26)14-9-4-5-10-15(14)27-18(20)21/h4-5,9-10,13,18H,2-3,6-8,11-12H2,1H3,(H,22,26). The van der Waals surface area contributed by atoms with Crippen LogP contribution < -0.4 is 10.1 Å². The van der Waals surface area contributed by atoms with Crippen LogP contribution in [0.1, 0.15) is 54.3 Å². The molecule has 1 heterocycles. The normalized spacial score (nSPS) is 14.6. The molecule has 1 aromatic carbocycles. The van der Waals surface area contributed by atoms with Crippen molar-refractivity contribution in [2.24, 2.45) is 0 Å². The van der Waals surface area contributed by atoms with Crippen molar-refractivity contribution in [1.29, 1.82) is 0 Å². The molecule has 1 aliphatic carbocycles. The summed E-state index contributed by atoms with van der Waals surface area (Å²) in [5.74, 6) is 0.380. The predicted molar refractivity (Wildman–Crippen MR) is 103 cm³/mol. The Hall–Kier alpha value is -2.16. The molecular formula is C19H24F2N4O2S. The lowest BCUT2D eigenvalue weighted by molar-refractivity contribution is -0.0501. The number of nitrogens with one attached hydrogen (secondary N) is 1. The average Bonchev–Trinajstić information content (AvgIpc) is 3.34. The Bertz CT molecular complexity index is 794. The van der Waals surface area contributed by atoms with Crippen molar-refractivity contribution in [3.05, 3.63) is 35.7 Å². The molecule has 1 saturated carbocycles. The summed E-state index contributed by atoms with van der Waals surface area (Å²) < 4.78 is 31.6. The summed E-state index contributed by atoms with van der Waals surface area (Å²) in [5, 5.41) is 12.3. The van der Waals surface area contributed by atoms with Gasteiger partial charge in [-0.15, -0.1) is 10.2 Å². The second kappa shape index (κ2) is 9.86. The van der Waals surface area contributed by atoms with Gasteiger partial charge in [0.2, 0.25) is 0 Å². The average molecular weight is 410 g/mol. The number of hydrogen-bond donors (Lipinski definition) is 1. The van der Waals surface area contributed by atoms with Crippen LogP contribution in [0.25, 0.3) is 0 Å². The Morgan fingerprint density at radius 1 is 1.32 bits per heavy atom. The number of ether oxygens (including phenoxy) is 1. The van der Waals surface area contributed by atoms with Crippen molar-refractivity contribution in [2.45, 2.75) is 56.3 Å². The molecule has 9 heteroatoms. The summed E-state index contributed by atoms with van der Waals surface area (Å²) in [7, 11) is 0. The van der Waals surface area contributed by atoms with Crippen LogP contribution in [0, 0.1) is 0 Å². The van der Waals surface area contributed by atoms with E-state index in [9.17, 15) is 13.6 Å². The van der Waals surface area contributed by atoms with Crippen LogP contribution in [0.2, 0.25) is 0 Å². The van der Waals surface area contributed by atoms with Crippen LogP contribution >= 0.6 is 11.8 Å². The lowest BCUT2D eigenvalue weighted by Crippen LogP contribution is -2.26. The number of carbonyl (C=O) groups is 1. The number of aryl methyl sites for hydroxylation is 1. The van der Waals surface area contributed by atoms with E-state index in [0.717, 1.165) is 23.8 Å². The number of nitrogens with zero attached hydrogens (tertiary/aromatic N) is 3. The van der Waals surface area contributed by atoms with Crippen molar-refractivity contribution in [3.63, 3.8) is 0 Å². The summed E-state index contributed by atoms with van der Waals surface area (Å²) in [6.45, 7) is -2.56. The zero-order valence-electron chi connectivity index (χ0n) is 15.7. The first-order valence-corrected chi connectivity index (χ1v) is 10.6. The minimum Gasteiger partial charge on any atom is -0.434 e. The maximum atomic E-state index is 12.5. The highest BCUT2D eigenvalue weighted by atomic mass is 32.2. The van der Waals surface area contributed by atoms with Gasteiger partial charge >= 0.3 is 6.61 Å². The van der Waals surface area contributed by atoms with Gasteiger partial charge in [0, 0.05) is 19.0 Å². The molecular weight excluding hydrogens is 386 g/mol. The molecule has 0 saturated heterocycles. The molecule has 6 nitrogen and oxygen atoms in total. The van der Waals surface area contributed by atoms with Gasteiger partial charge in [0.25, 0.3) is 5.91 Å². The molecule has 1 amide bonds. The Balaban J connectivity index is 1.55. The zero-order valence-corrected chi connectivity index (χ0v) is 16.6. The Labute approximate surface area is 167 Å². The van der Waals surface area contributed by atoms with E-state index in [0.29, 0.717) is 25.4 Å². The molecule has 3 rings (SSSR count). The van der Waals surface area contributed by atoms with Gasteiger partial charge < -0.3 is 14.6 Å². The first kappa shape index (κ1) is 20.6. The highest BCUT2D eigenvalue weighted by Crippen LogP contribution is 2.33. The van der Waals surface area contributed by atoms with Crippen LogP contribution in [-0.2, 0) is 6.42 Å². The molecule has 0 atom stereocenters. The largest absolute Gasteiger partial charge is 0.434 e. The summed E-state index contributed by atoms with van der Waals surface area (Å²) in [5.41, 5.74) is 0.0987. The van der Waals surface area contributed by atoms with Crippen molar-refractivity contribution < 1.29 is 18.3 Å². The maximum absolute atomic E-state index is 12.5. The number of aromatic nitrogens is 3. The number of thioether (sulfide) groups is 1. The van der Waals surface area contributed by atoms with Gasteiger partial charge in [-0.05, 0) is 37.7 Å². The van der Waals surface area contributed by atoms with Crippen molar-refractivity contribution in [2.75, 3.05) is 12.8 Å². The number of hydrogen-bond acceptors (Lipinski definition) is 5. The van der Waals surface area contributed by atoms with Crippen LogP contribution in [0.4, 0.5) is 8.78 Å². The fraction of sp³-hybridized carbons (Fsp3) is 0.526. The predicted octanol–water partition coefficient (Wildman–Crippen LogP) is 4.08. The van der Waals surface area contributed by atoms with Gasteiger partial charge in [-0.25, -0.2) is 0 Å². The van der Waals surface area contributed by atoms with Gasteiger partial charge in [0.05, 0.1) is 5.56 Å². The number of alkyl halides is 2. The molecule has 152 valence electrons. The summed E-state index contributed by atoms with van der Waals surface area (Å²) in [4.78, 5) is 12.3. The number of rotatable bonds is 9. The van der Waals surface area contributed by atoms with E-state index in [-0.39, 0.29) is 11.3 Å². The molecule has 0 aliphatic heterocycles. The molecule has 1 N–H and O–H groups in total. The lowest BCUT2D eigenvalue weighted by atomic mass is 10.2. The van der Waals surface area contributed by atoms with Crippen LogP contribution in [0.15, 0.2) is 29.4 Å². The van der Waals surface area contributed by atoms with E-state index in [2.05, 4.69) is 24.8 Å². The van der Waals surface area contributed by atoms with Gasteiger partial charge in [-0.1, -0.05) is 36.7 Å². The van der Waals surface area contributed by atoms with Gasteiger partial charge in [-0.2, -0.15) is 8.78 Å². The molecule has 0 radical (unpaired) electrons. The zero-order chi connectivity index (χ0) is 19.9. The van der Waals surface area contributed by atoms with Crippen molar-refractivity contribution in [1.82, 2.24) is 20.1 Å². The second-order valence-electron chi connectivity index (χ2n) is 6.65. The van der Waals surface area contributed by atoms with Gasteiger partial charge in [-0.3, -0.25) is 4.79 Å². The fourth-order valence-corrected chi connectivity index (χ4v) is 4.12. The number of amides is 1. The van der Waals surface area contributed by atoms with Crippen molar-refractivity contribution >= 4 is 17.7 Å². The number of carbonyl (C=O) groups excluding carboxylic acids is 1. The Kier molecular flexibility index (Phi) is 7.24. The van der Waals surface area contributed by atoms with E-state index in [4.69, 9.17) is 0 Å². The third kappa shape index (κ3) is 5.01. The third-order valence-corrected chi connectivity index (χ3v) is 5.46. The molecule has 1 aliphatic rings. The highest BCUT2D eigenvalue weighted by molar-refractivity contribution is 7.98. The number of halogens is 2. The third-order valence-electron chi connectivity index (χ3n) is 4.82. The van der Waals surface area contributed by atoms with E-state index in [1.807, 2.05) is 6.26 Å². The highest BCUT2D eigenvalue weighted by Gasteiger charge is 2.23. The minimum absolute atomic E-state index is 0.0987. The van der Waals surface area contributed by atoms with Crippen LogP contribution in [-0.4, -0.2) is 40.1 Å². The van der Waals surface area contributed by atoms with E-state index in [1.165, 1.54) is 25.0 Å². The smallest absolute Gasteiger partial charge is 0.387 e. The first-order chi connectivity index (χ1) is 13.6. The monoisotopic (exact) mass is 410 g/mol. The van der Waals surface area contributed by atoms with Crippen LogP contribution in [0.3, 0.4) is 0 Å². The maximum Gasteiger partial charge on any atom is 0.387 e. The molecule has 0 bridgehead atoms. The summed E-state index contributed by atoms with van der Waals surface area (Å²) >= 11 is 1.60. The molecule has 0 unspecified atom stereocenters. The number of benzene rings is 1. The Morgan fingerprint density at radius 2 is 2.07 bits per heavy atom. The molecule has 0 spiro atoms. The second-order valence-corrected chi connectivity index (χ2v) is 7.42. The quantitative estimate of drug-likeness (QED) is 0.498. The summed E-state index contributed by atoms with van der Waals surface area (Å²) in [6, 6.07) is 6.44. The van der Waals surface area contributed by atoms with Gasteiger partial charge in [0.1, 0.15) is 11.6 Å². The topological polar surface area (TPSA) is 69.0 Å². The van der Waals surface area contributed by atoms with E-state index < -0.39 is 12.5 Å². The SMILES string of the molecule is CSc1nnc(CCCNC(=O)c2ccccc2OC(F)F)n1C1CCCC1. The lowest BCUT2D eigenvalue weighted by Gasteiger charge is -2.16. The molecule has 1 fully saturated rings. The number of para-hydroxylation sites is 1. The minimum atomic E-state index is -2.97. The molecule has 28 heavy (non-hydrogen) atoms. The molecule has 2 aromatic rings. The Morgan fingerprint density at radius 3 is 2.79 bits per heavy atom. The van der Waals surface area contributed by atoms with Gasteiger partial charge in [0.15, 0.2) is 5.16 Å². The van der Waals surface area contributed by atoms with Crippen LogP contribution in [0.5, 0.6) is 5.75 Å². The fourth-order valence-electron chi connectivity index (χ4n) is 3.54. The van der Waals surface area contributed by atoms with Crippen molar-refractivity contribution in [3.8, 4) is 5.75 Å². The van der Waals surface area contributed by atoms with E-state index >= 15 is 0 Å². The molecule has 1 aromatic heterocycles. The summed E-state index contributed by atoms with van der Waals surface area (Å²) in [6.07, 6.45) is 8.13.